The number of benzene rings is 1. The maximum atomic E-state index is 6.51. The van der Waals surface area contributed by atoms with Gasteiger partial charge in [-0.3, -0.25) is 0 Å². The highest BCUT2D eigenvalue weighted by molar-refractivity contribution is 5.38. The highest BCUT2D eigenvalue weighted by atomic mass is 16.5. The minimum Gasteiger partial charge on any atom is -0.496 e. The molecule has 2 rings (SSSR count). The van der Waals surface area contributed by atoms with Gasteiger partial charge in [0.15, 0.2) is 0 Å². The second kappa shape index (κ2) is 7.84. The van der Waals surface area contributed by atoms with E-state index in [2.05, 4.69) is 39.0 Å². The molecular formula is C19H30O2. The van der Waals surface area contributed by atoms with E-state index in [1.54, 1.807) is 7.11 Å². The van der Waals surface area contributed by atoms with Gasteiger partial charge in [-0.1, -0.05) is 44.7 Å². The molecule has 0 N–H and O–H groups in total. The van der Waals surface area contributed by atoms with Crippen LogP contribution in [0, 0.1) is 12.8 Å². The summed E-state index contributed by atoms with van der Waals surface area (Å²) in [7, 11) is 1.75. The minimum absolute atomic E-state index is 0.156. The fourth-order valence-corrected chi connectivity index (χ4v) is 3.22. The highest BCUT2D eigenvalue weighted by Crippen LogP contribution is 2.36. The van der Waals surface area contributed by atoms with Crippen LogP contribution in [0.4, 0.5) is 0 Å². The van der Waals surface area contributed by atoms with Crippen LogP contribution in [0.5, 0.6) is 5.75 Å². The van der Waals surface area contributed by atoms with Gasteiger partial charge in [0.1, 0.15) is 5.75 Å². The second-order valence-corrected chi connectivity index (χ2v) is 6.76. The van der Waals surface area contributed by atoms with Crippen LogP contribution in [0.3, 0.4) is 0 Å². The van der Waals surface area contributed by atoms with Gasteiger partial charge in [0, 0.05) is 5.56 Å². The first-order valence-corrected chi connectivity index (χ1v) is 8.40. The molecule has 2 nitrogen and oxygen atoms in total. The summed E-state index contributed by atoms with van der Waals surface area (Å²) in [6.45, 7) is 6.66. The fraction of sp³-hybridized carbons (Fsp3) is 0.684. The van der Waals surface area contributed by atoms with Gasteiger partial charge in [-0.2, -0.15) is 0 Å². The molecule has 0 unspecified atom stereocenters. The van der Waals surface area contributed by atoms with Crippen molar-refractivity contribution in [2.24, 2.45) is 5.92 Å². The van der Waals surface area contributed by atoms with Crippen molar-refractivity contribution < 1.29 is 9.47 Å². The molecule has 1 fully saturated rings. The fourth-order valence-electron chi connectivity index (χ4n) is 3.22. The van der Waals surface area contributed by atoms with Gasteiger partial charge >= 0.3 is 0 Å². The molecule has 118 valence electrons. The SMILES string of the molecule is COc1ccc(C)cc1[C@H](CC(C)C)OC1CCCCC1. The molecular weight excluding hydrogens is 260 g/mol. The third-order valence-corrected chi connectivity index (χ3v) is 4.33. The number of methoxy groups -OCH3 is 1. The van der Waals surface area contributed by atoms with E-state index in [4.69, 9.17) is 9.47 Å². The van der Waals surface area contributed by atoms with E-state index in [9.17, 15) is 0 Å². The lowest BCUT2D eigenvalue weighted by atomic mass is 9.94. The van der Waals surface area contributed by atoms with E-state index >= 15 is 0 Å². The van der Waals surface area contributed by atoms with Crippen molar-refractivity contribution in [3.63, 3.8) is 0 Å². The smallest absolute Gasteiger partial charge is 0.124 e. The van der Waals surface area contributed by atoms with Crippen LogP contribution in [0.25, 0.3) is 0 Å². The zero-order chi connectivity index (χ0) is 15.2. The van der Waals surface area contributed by atoms with Gasteiger partial charge in [-0.25, -0.2) is 0 Å². The Morgan fingerprint density at radius 3 is 2.48 bits per heavy atom. The molecule has 1 aliphatic carbocycles. The topological polar surface area (TPSA) is 18.5 Å². The molecule has 1 atom stereocenters. The average molecular weight is 290 g/mol. The Hall–Kier alpha value is -1.02. The Morgan fingerprint density at radius 1 is 1.14 bits per heavy atom. The summed E-state index contributed by atoms with van der Waals surface area (Å²) in [6.07, 6.45) is 8.04. The van der Waals surface area contributed by atoms with Crippen molar-refractivity contribution in [1.82, 2.24) is 0 Å². The summed E-state index contributed by atoms with van der Waals surface area (Å²) >= 11 is 0. The van der Waals surface area contributed by atoms with E-state index in [-0.39, 0.29) is 6.10 Å². The number of aryl methyl sites for hydroxylation is 1. The summed E-state index contributed by atoms with van der Waals surface area (Å²) in [6, 6.07) is 6.41. The van der Waals surface area contributed by atoms with Crippen molar-refractivity contribution in [3.05, 3.63) is 29.3 Å². The van der Waals surface area contributed by atoms with E-state index < -0.39 is 0 Å². The summed E-state index contributed by atoms with van der Waals surface area (Å²) in [5, 5.41) is 0. The van der Waals surface area contributed by atoms with Crippen molar-refractivity contribution in [3.8, 4) is 5.75 Å². The number of hydrogen-bond acceptors (Lipinski definition) is 2. The van der Waals surface area contributed by atoms with Crippen molar-refractivity contribution >= 4 is 0 Å². The first-order chi connectivity index (χ1) is 10.1. The van der Waals surface area contributed by atoms with Crippen LogP contribution >= 0.6 is 0 Å². The summed E-state index contributed by atoms with van der Waals surface area (Å²) in [5.41, 5.74) is 2.49. The normalized spacial score (nSPS) is 18.0. The number of ether oxygens (including phenoxy) is 2. The van der Waals surface area contributed by atoms with Gasteiger partial charge in [0.2, 0.25) is 0 Å². The molecule has 0 heterocycles. The largest absolute Gasteiger partial charge is 0.496 e. The lowest BCUT2D eigenvalue weighted by Gasteiger charge is -2.30. The standard InChI is InChI=1S/C19H30O2/c1-14(2)12-19(21-16-8-6-5-7-9-16)17-13-15(3)10-11-18(17)20-4/h10-11,13-14,16,19H,5-9,12H2,1-4H3/t19-/m0/s1. The molecule has 1 saturated carbocycles. The predicted molar refractivity (Wildman–Crippen MR) is 87.9 cm³/mol. The zero-order valence-corrected chi connectivity index (χ0v) is 14.0. The van der Waals surface area contributed by atoms with Crippen LogP contribution in [0.2, 0.25) is 0 Å². The van der Waals surface area contributed by atoms with Gasteiger partial charge in [0.25, 0.3) is 0 Å². The van der Waals surface area contributed by atoms with Gasteiger partial charge in [-0.05, 0) is 44.2 Å². The number of rotatable bonds is 6. The Bertz CT molecular complexity index is 433. The molecule has 0 aliphatic heterocycles. The van der Waals surface area contributed by atoms with Crippen LogP contribution in [0.1, 0.15) is 69.6 Å². The van der Waals surface area contributed by atoms with E-state index in [0.717, 1.165) is 12.2 Å². The monoisotopic (exact) mass is 290 g/mol. The van der Waals surface area contributed by atoms with Crippen LogP contribution in [-0.2, 0) is 4.74 Å². The molecule has 1 aromatic rings. The molecule has 21 heavy (non-hydrogen) atoms. The molecule has 1 aromatic carbocycles. The first-order valence-electron chi connectivity index (χ1n) is 8.40. The van der Waals surface area contributed by atoms with Crippen LogP contribution in [-0.4, -0.2) is 13.2 Å². The average Bonchev–Trinajstić information content (AvgIpc) is 2.47. The lowest BCUT2D eigenvalue weighted by Crippen LogP contribution is -2.21. The van der Waals surface area contributed by atoms with Crippen molar-refractivity contribution in [2.45, 2.75) is 71.5 Å². The Labute approximate surface area is 129 Å². The summed E-state index contributed by atoms with van der Waals surface area (Å²) in [4.78, 5) is 0. The van der Waals surface area contributed by atoms with Gasteiger partial charge < -0.3 is 9.47 Å². The van der Waals surface area contributed by atoms with Gasteiger partial charge in [-0.15, -0.1) is 0 Å². The molecule has 0 spiro atoms. The highest BCUT2D eigenvalue weighted by Gasteiger charge is 2.24. The van der Waals surface area contributed by atoms with Gasteiger partial charge in [0.05, 0.1) is 19.3 Å². The van der Waals surface area contributed by atoms with Crippen LogP contribution < -0.4 is 4.74 Å². The molecule has 0 saturated heterocycles. The molecule has 2 heteroatoms. The maximum Gasteiger partial charge on any atom is 0.124 e. The lowest BCUT2D eigenvalue weighted by molar-refractivity contribution is -0.0411. The minimum atomic E-state index is 0.156. The van der Waals surface area contributed by atoms with E-state index in [1.807, 2.05) is 0 Å². The first kappa shape index (κ1) is 16.4. The summed E-state index contributed by atoms with van der Waals surface area (Å²) in [5.74, 6) is 1.57. The molecule has 0 radical (unpaired) electrons. The third kappa shape index (κ3) is 4.74. The Balaban J connectivity index is 2.19. The van der Waals surface area contributed by atoms with E-state index in [1.165, 1.54) is 43.2 Å². The van der Waals surface area contributed by atoms with E-state index in [0.29, 0.717) is 12.0 Å². The third-order valence-electron chi connectivity index (χ3n) is 4.33. The second-order valence-electron chi connectivity index (χ2n) is 6.76. The molecule has 0 amide bonds. The quantitative estimate of drug-likeness (QED) is 0.694. The Morgan fingerprint density at radius 2 is 1.86 bits per heavy atom. The summed E-state index contributed by atoms with van der Waals surface area (Å²) < 4.78 is 12.1. The zero-order valence-electron chi connectivity index (χ0n) is 14.0. The Kier molecular flexibility index (Phi) is 6.10. The maximum absolute atomic E-state index is 6.51. The predicted octanol–water partition coefficient (Wildman–Crippen LogP) is 5.44. The molecule has 1 aliphatic rings. The molecule has 0 bridgehead atoms. The van der Waals surface area contributed by atoms with Crippen molar-refractivity contribution in [2.75, 3.05) is 7.11 Å². The van der Waals surface area contributed by atoms with Crippen molar-refractivity contribution in [1.29, 1.82) is 0 Å². The van der Waals surface area contributed by atoms with Crippen LogP contribution in [0.15, 0.2) is 18.2 Å². The number of hydrogen-bond donors (Lipinski definition) is 0. The molecule has 0 aromatic heterocycles.